The highest BCUT2D eigenvalue weighted by molar-refractivity contribution is 6.87. The van der Waals surface area contributed by atoms with Gasteiger partial charge in [-0.1, -0.05) is 38.3 Å². The summed E-state index contributed by atoms with van der Waals surface area (Å²) in [6.07, 6.45) is 3.41. The van der Waals surface area contributed by atoms with Crippen LogP contribution < -0.4 is 0 Å². The Bertz CT molecular complexity index is 394. The van der Waals surface area contributed by atoms with Crippen LogP contribution in [0.5, 0.6) is 0 Å². The number of nitrogens with zero attached hydrogens (tertiary/aromatic N) is 1. The smallest absolute Gasteiger partial charge is 0.138 e. The number of rotatable bonds is 3. The molecular formula is C13H18ClNSi. The molecule has 0 aliphatic carbocycles. The summed E-state index contributed by atoms with van der Waals surface area (Å²) in [6.45, 7) is 6.76. The van der Waals surface area contributed by atoms with E-state index >= 15 is 0 Å². The molecule has 0 radical (unpaired) electrons. The zero-order valence-electron chi connectivity index (χ0n) is 10.2. The van der Waals surface area contributed by atoms with Crippen molar-refractivity contribution in [3.8, 4) is 11.5 Å². The molecule has 1 aromatic heterocycles. The van der Waals surface area contributed by atoms with E-state index in [-0.39, 0.29) is 0 Å². The van der Waals surface area contributed by atoms with Gasteiger partial charge in [0.25, 0.3) is 0 Å². The molecule has 0 fully saturated rings. The van der Waals surface area contributed by atoms with E-state index in [1.165, 1.54) is 18.1 Å². The SMILES string of the molecule is CC[Si](C#Cc1cncc(Cl)c1)(CC)CC. The van der Waals surface area contributed by atoms with E-state index in [9.17, 15) is 0 Å². The summed E-state index contributed by atoms with van der Waals surface area (Å²) in [5, 5.41) is 0.656. The van der Waals surface area contributed by atoms with Crippen LogP contribution in [0.4, 0.5) is 0 Å². The van der Waals surface area contributed by atoms with Crippen molar-refractivity contribution in [2.24, 2.45) is 0 Å². The molecule has 0 aromatic carbocycles. The van der Waals surface area contributed by atoms with Crippen LogP contribution in [0.15, 0.2) is 18.5 Å². The number of hydrogen-bond donors (Lipinski definition) is 0. The Kier molecular flexibility index (Phi) is 5.04. The van der Waals surface area contributed by atoms with Gasteiger partial charge < -0.3 is 0 Å². The monoisotopic (exact) mass is 251 g/mol. The van der Waals surface area contributed by atoms with E-state index in [4.69, 9.17) is 11.6 Å². The van der Waals surface area contributed by atoms with Crippen molar-refractivity contribution >= 4 is 19.7 Å². The summed E-state index contributed by atoms with van der Waals surface area (Å²) in [7, 11) is -1.35. The second-order valence-electron chi connectivity index (χ2n) is 3.98. The molecule has 0 amide bonds. The van der Waals surface area contributed by atoms with Crippen LogP contribution in [-0.4, -0.2) is 13.1 Å². The molecule has 0 unspecified atom stereocenters. The van der Waals surface area contributed by atoms with Crippen LogP contribution in [0.2, 0.25) is 23.2 Å². The van der Waals surface area contributed by atoms with Crippen molar-refractivity contribution in [1.29, 1.82) is 0 Å². The fourth-order valence-electron chi connectivity index (χ4n) is 1.70. The molecule has 1 nitrogen and oxygen atoms in total. The zero-order chi connectivity index (χ0) is 12.0. The van der Waals surface area contributed by atoms with Gasteiger partial charge in [-0.25, -0.2) is 0 Å². The lowest BCUT2D eigenvalue weighted by Crippen LogP contribution is -2.29. The second kappa shape index (κ2) is 6.08. The minimum absolute atomic E-state index is 0.656. The highest BCUT2D eigenvalue weighted by Crippen LogP contribution is 2.19. The molecule has 0 saturated carbocycles. The summed E-state index contributed by atoms with van der Waals surface area (Å²) in [6, 6.07) is 5.55. The molecule has 0 N–H and O–H groups in total. The third-order valence-electron chi connectivity index (χ3n) is 3.21. The van der Waals surface area contributed by atoms with Gasteiger partial charge in [0.1, 0.15) is 8.07 Å². The van der Waals surface area contributed by atoms with Crippen LogP contribution >= 0.6 is 11.6 Å². The normalized spacial score (nSPS) is 10.8. The van der Waals surface area contributed by atoms with Gasteiger partial charge in [-0.3, -0.25) is 4.98 Å². The summed E-state index contributed by atoms with van der Waals surface area (Å²) < 4.78 is 0. The molecule has 86 valence electrons. The fourth-order valence-corrected chi connectivity index (χ4v) is 4.31. The van der Waals surface area contributed by atoms with Gasteiger partial charge in [0.05, 0.1) is 5.02 Å². The van der Waals surface area contributed by atoms with Crippen molar-refractivity contribution in [1.82, 2.24) is 4.98 Å². The maximum atomic E-state index is 5.88. The maximum absolute atomic E-state index is 5.88. The predicted octanol–water partition coefficient (Wildman–Crippen LogP) is 4.13. The molecule has 0 atom stereocenters. The lowest BCUT2D eigenvalue weighted by Gasteiger charge is -2.19. The third-order valence-corrected chi connectivity index (χ3v) is 8.13. The molecule has 0 aliphatic heterocycles. The Hall–Kier alpha value is -0.783. The van der Waals surface area contributed by atoms with Crippen molar-refractivity contribution in [2.75, 3.05) is 0 Å². The first-order valence-electron chi connectivity index (χ1n) is 5.79. The molecule has 0 spiro atoms. The van der Waals surface area contributed by atoms with Gasteiger partial charge in [0, 0.05) is 18.0 Å². The van der Waals surface area contributed by atoms with Gasteiger partial charge in [-0.05, 0) is 24.2 Å². The molecule has 1 aromatic rings. The van der Waals surface area contributed by atoms with E-state index < -0.39 is 8.07 Å². The van der Waals surface area contributed by atoms with Crippen LogP contribution in [0.25, 0.3) is 0 Å². The molecule has 1 heterocycles. The van der Waals surface area contributed by atoms with E-state index in [2.05, 4.69) is 37.2 Å². The van der Waals surface area contributed by atoms with Crippen molar-refractivity contribution in [2.45, 2.75) is 38.9 Å². The number of halogens is 1. The first kappa shape index (κ1) is 13.3. The Morgan fingerprint density at radius 3 is 2.31 bits per heavy atom. The van der Waals surface area contributed by atoms with Crippen molar-refractivity contribution in [3.05, 3.63) is 29.0 Å². The standard InChI is InChI=1S/C13H18ClNSi/c1-4-16(5-2,6-3)8-7-12-9-13(14)11-15-10-12/h9-11H,4-6H2,1-3H3. The first-order valence-corrected chi connectivity index (χ1v) is 8.79. The summed E-state index contributed by atoms with van der Waals surface area (Å²) in [5.74, 6) is 3.24. The lowest BCUT2D eigenvalue weighted by atomic mass is 10.3. The molecular weight excluding hydrogens is 234 g/mol. The van der Waals surface area contributed by atoms with Crippen LogP contribution in [0, 0.1) is 11.5 Å². The van der Waals surface area contributed by atoms with E-state index in [1.54, 1.807) is 12.4 Å². The van der Waals surface area contributed by atoms with Gasteiger partial charge in [0.15, 0.2) is 0 Å². The van der Waals surface area contributed by atoms with Crippen molar-refractivity contribution < 1.29 is 0 Å². The Morgan fingerprint density at radius 2 is 1.81 bits per heavy atom. The fraction of sp³-hybridized carbons (Fsp3) is 0.462. The minimum atomic E-state index is -1.35. The quantitative estimate of drug-likeness (QED) is 0.581. The second-order valence-corrected chi connectivity index (χ2v) is 9.35. The average molecular weight is 252 g/mol. The van der Waals surface area contributed by atoms with Gasteiger partial charge >= 0.3 is 0 Å². The number of pyridine rings is 1. The topological polar surface area (TPSA) is 12.9 Å². The van der Waals surface area contributed by atoms with E-state index in [0.29, 0.717) is 5.02 Å². The van der Waals surface area contributed by atoms with Crippen LogP contribution in [-0.2, 0) is 0 Å². The van der Waals surface area contributed by atoms with Crippen LogP contribution in [0.3, 0.4) is 0 Å². The molecule has 0 aliphatic rings. The molecule has 0 saturated heterocycles. The molecule has 3 heteroatoms. The largest absolute Gasteiger partial charge is 0.262 e. The summed E-state index contributed by atoms with van der Waals surface area (Å²) in [5.41, 5.74) is 4.45. The minimum Gasteiger partial charge on any atom is -0.262 e. The average Bonchev–Trinajstić information content (AvgIpc) is 2.32. The van der Waals surface area contributed by atoms with E-state index in [0.717, 1.165) is 5.56 Å². The predicted molar refractivity (Wildman–Crippen MR) is 73.3 cm³/mol. The van der Waals surface area contributed by atoms with Gasteiger partial charge in [0.2, 0.25) is 0 Å². The lowest BCUT2D eigenvalue weighted by molar-refractivity contribution is 1.20. The number of aromatic nitrogens is 1. The molecule has 1 rings (SSSR count). The molecule has 16 heavy (non-hydrogen) atoms. The molecule has 0 bridgehead atoms. The zero-order valence-corrected chi connectivity index (χ0v) is 11.9. The van der Waals surface area contributed by atoms with Gasteiger partial charge in [-0.2, -0.15) is 0 Å². The van der Waals surface area contributed by atoms with Crippen molar-refractivity contribution in [3.63, 3.8) is 0 Å². The highest BCUT2D eigenvalue weighted by Gasteiger charge is 2.24. The summed E-state index contributed by atoms with van der Waals surface area (Å²) in [4.78, 5) is 4.04. The Balaban J connectivity index is 2.95. The Morgan fingerprint density at radius 1 is 1.19 bits per heavy atom. The highest BCUT2D eigenvalue weighted by atomic mass is 35.5. The van der Waals surface area contributed by atoms with Crippen LogP contribution in [0.1, 0.15) is 26.3 Å². The maximum Gasteiger partial charge on any atom is 0.138 e. The van der Waals surface area contributed by atoms with E-state index in [1.807, 2.05) is 6.07 Å². The number of hydrogen-bond acceptors (Lipinski definition) is 1. The Labute approximate surface area is 104 Å². The van der Waals surface area contributed by atoms with Gasteiger partial charge in [-0.15, -0.1) is 5.54 Å². The first-order chi connectivity index (χ1) is 7.65. The summed E-state index contributed by atoms with van der Waals surface area (Å²) >= 11 is 5.88. The third kappa shape index (κ3) is 3.36.